The molecule has 2 aliphatic rings. The van der Waals surface area contributed by atoms with Crippen LogP contribution in [0.3, 0.4) is 0 Å². The van der Waals surface area contributed by atoms with Gasteiger partial charge in [0, 0.05) is 5.54 Å². The van der Waals surface area contributed by atoms with Crippen LogP contribution in [0, 0.1) is 5.92 Å². The number of nitrogens with two attached hydrogens (primary N) is 1. The van der Waals surface area contributed by atoms with Gasteiger partial charge in [-0.3, -0.25) is 0 Å². The smallest absolute Gasteiger partial charge is 0.0575 e. The SMILES string of the molecule is NC1(C2CCCNC2)CC(O)C1. The normalized spacial score (nSPS) is 48.5. The summed E-state index contributed by atoms with van der Waals surface area (Å²) in [5.74, 6) is 0.592. The average molecular weight is 170 g/mol. The number of aliphatic hydroxyl groups excluding tert-OH is 1. The molecule has 1 saturated heterocycles. The van der Waals surface area contributed by atoms with Crippen molar-refractivity contribution in [3.05, 3.63) is 0 Å². The summed E-state index contributed by atoms with van der Waals surface area (Å²) in [5.41, 5.74) is 6.12. The van der Waals surface area contributed by atoms with Gasteiger partial charge >= 0.3 is 0 Å². The van der Waals surface area contributed by atoms with Crippen molar-refractivity contribution in [2.45, 2.75) is 37.3 Å². The Labute approximate surface area is 73.3 Å². The lowest BCUT2D eigenvalue weighted by Crippen LogP contribution is -2.62. The van der Waals surface area contributed by atoms with E-state index in [0.717, 1.165) is 25.9 Å². The molecule has 1 aliphatic carbocycles. The Morgan fingerprint density at radius 2 is 2.17 bits per heavy atom. The van der Waals surface area contributed by atoms with Crippen molar-refractivity contribution < 1.29 is 5.11 Å². The van der Waals surface area contributed by atoms with Gasteiger partial charge in [0.2, 0.25) is 0 Å². The molecule has 3 nitrogen and oxygen atoms in total. The average Bonchev–Trinajstić information content (AvgIpc) is 2.04. The van der Waals surface area contributed by atoms with Gasteiger partial charge in [0.05, 0.1) is 6.10 Å². The Balaban J connectivity index is 1.90. The third kappa shape index (κ3) is 1.37. The Hall–Kier alpha value is -0.120. The summed E-state index contributed by atoms with van der Waals surface area (Å²) < 4.78 is 0. The number of rotatable bonds is 1. The Morgan fingerprint density at radius 3 is 2.67 bits per heavy atom. The first-order valence-electron chi connectivity index (χ1n) is 4.88. The van der Waals surface area contributed by atoms with Gasteiger partial charge < -0.3 is 16.2 Å². The van der Waals surface area contributed by atoms with Crippen molar-refractivity contribution in [2.24, 2.45) is 11.7 Å². The number of piperidine rings is 1. The molecule has 2 rings (SSSR count). The second-order valence-corrected chi connectivity index (χ2v) is 4.34. The van der Waals surface area contributed by atoms with Crippen LogP contribution < -0.4 is 11.1 Å². The molecule has 4 N–H and O–H groups in total. The van der Waals surface area contributed by atoms with Crippen LogP contribution in [0.1, 0.15) is 25.7 Å². The van der Waals surface area contributed by atoms with Gasteiger partial charge in [0.15, 0.2) is 0 Å². The molecule has 12 heavy (non-hydrogen) atoms. The highest BCUT2D eigenvalue weighted by molar-refractivity contribution is 5.04. The van der Waals surface area contributed by atoms with Crippen molar-refractivity contribution in [1.82, 2.24) is 5.32 Å². The highest BCUT2D eigenvalue weighted by Gasteiger charge is 2.45. The molecule has 0 amide bonds. The fraction of sp³-hybridized carbons (Fsp3) is 1.00. The van der Waals surface area contributed by atoms with E-state index in [1.54, 1.807) is 0 Å². The Bertz CT molecular complexity index is 160. The lowest BCUT2D eigenvalue weighted by molar-refractivity contribution is -0.0140. The fourth-order valence-electron chi connectivity index (χ4n) is 2.49. The van der Waals surface area contributed by atoms with Crippen LogP contribution >= 0.6 is 0 Å². The van der Waals surface area contributed by atoms with Crippen LogP contribution in [0.25, 0.3) is 0 Å². The summed E-state index contributed by atoms with van der Waals surface area (Å²) in [6.45, 7) is 2.18. The molecule has 2 fully saturated rings. The Kier molecular flexibility index (Phi) is 2.10. The van der Waals surface area contributed by atoms with E-state index >= 15 is 0 Å². The number of nitrogens with one attached hydrogen (secondary N) is 1. The topological polar surface area (TPSA) is 58.3 Å². The monoisotopic (exact) mass is 170 g/mol. The van der Waals surface area contributed by atoms with Crippen LogP contribution in [0.5, 0.6) is 0 Å². The fourth-order valence-corrected chi connectivity index (χ4v) is 2.49. The molecule has 0 bridgehead atoms. The van der Waals surface area contributed by atoms with Gasteiger partial charge in [-0.1, -0.05) is 0 Å². The zero-order valence-electron chi connectivity index (χ0n) is 7.42. The van der Waals surface area contributed by atoms with E-state index in [2.05, 4.69) is 5.32 Å². The first kappa shape index (κ1) is 8.48. The maximum atomic E-state index is 9.21. The van der Waals surface area contributed by atoms with E-state index in [4.69, 9.17) is 5.73 Å². The molecule has 0 aromatic heterocycles. The van der Waals surface area contributed by atoms with Crippen LogP contribution in [-0.2, 0) is 0 Å². The van der Waals surface area contributed by atoms with Gasteiger partial charge in [0.25, 0.3) is 0 Å². The molecule has 1 saturated carbocycles. The lowest BCUT2D eigenvalue weighted by atomic mass is 9.65. The molecule has 0 aromatic carbocycles. The minimum Gasteiger partial charge on any atom is -0.393 e. The molecule has 3 heteroatoms. The molecule has 1 heterocycles. The predicted molar refractivity (Wildman–Crippen MR) is 47.8 cm³/mol. The van der Waals surface area contributed by atoms with Crippen molar-refractivity contribution in [1.29, 1.82) is 0 Å². The second-order valence-electron chi connectivity index (χ2n) is 4.34. The molecule has 1 atom stereocenters. The highest BCUT2D eigenvalue weighted by Crippen LogP contribution is 2.38. The zero-order valence-corrected chi connectivity index (χ0v) is 7.42. The minimum absolute atomic E-state index is 0.0488. The van der Waals surface area contributed by atoms with Crippen molar-refractivity contribution >= 4 is 0 Å². The van der Waals surface area contributed by atoms with Crippen LogP contribution in [0.15, 0.2) is 0 Å². The van der Waals surface area contributed by atoms with Crippen LogP contribution in [-0.4, -0.2) is 29.8 Å². The summed E-state index contributed by atoms with van der Waals surface area (Å²) in [6, 6.07) is 0. The molecule has 70 valence electrons. The second kappa shape index (κ2) is 2.98. The van der Waals surface area contributed by atoms with Crippen molar-refractivity contribution in [2.75, 3.05) is 13.1 Å². The number of hydrogen-bond donors (Lipinski definition) is 3. The summed E-state index contributed by atoms with van der Waals surface area (Å²) >= 11 is 0. The number of hydrogen-bond acceptors (Lipinski definition) is 3. The summed E-state index contributed by atoms with van der Waals surface area (Å²) in [6.07, 6.45) is 3.95. The van der Waals surface area contributed by atoms with Gasteiger partial charge in [-0.05, 0) is 44.7 Å². The summed E-state index contributed by atoms with van der Waals surface area (Å²) in [5, 5.41) is 12.6. The minimum atomic E-state index is -0.128. The highest BCUT2D eigenvalue weighted by atomic mass is 16.3. The van der Waals surface area contributed by atoms with Crippen LogP contribution in [0.4, 0.5) is 0 Å². The van der Waals surface area contributed by atoms with E-state index in [9.17, 15) is 5.11 Å². The maximum absolute atomic E-state index is 9.21. The van der Waals surface area contributed by atoms with Crippen molar-refractivity contribution in [3.8, 4) is 0 Å². The molecule has 1 unspecified atom stereocenters. The largest absolute Gasteiger partial charge is 0.393 e. The van der Waals surface area contributed by atoms with E-state index in [1.165, 1.54) is 12.8 Å². The van der Waals surface area contributed by atoms with E-state index in [1.807, 2.05) is 0 Å². The van der Waals surface area contributed by atoms with Crippen LogP contribution in [0.2, 0.25) is 0 Å². The van der Waals surface area contributed by atoms with E-state index in [0.29, 0.717) is 5.92 Å². The summed E-state index contributed by atoms with van der Waals surface area (Å²) in [4.78, 5) is 0. The van der Waals surface area contributed by atoms with Gasteiger partial charge in [-0.15, -0.1) is 0 Å². The third-order valence-electron chi connectivity index (χ3n) is 3.34. The van der Waals surface area contributed by atoms with Gasteiger partial charge in [-0.25, -0.2) is 0 Å². The molecule has 0 aromatic rings. The van der Waals surface area contributed by atoms with E-state index in [-0.39, 0.29) is 11.6 Å². The predicted octanol–water partition coefficient (Wildman–Crippen LogP) is -0.162. The third-order valence-corrected chi connectivity index (χ3v) is 3.34. The molecule has 1 aliphatic heterocycles. The molecular weight excluding hydrogens is 152 g/mol. The van der Waals surface area contributed by atoms with Gasteiger partial charge in [0.1, 0.15) is 0 Å². The molecular formula is C9H18N2O. The Morgan fingerprint density at radius 1 is 1.42 bits per heavy atom. The summed E-state index contributed by atoms with van der Waals surface area (Å²) in [7, 11) is 0. The zero-order chi connectivity index (χ0) is 8.60. The lowest BCUT2D eigenvalue weighted by Gasteiger charge is -2.49. The first-order valence-corrected chi connectivity index (χ1v) is 4.88. The quantitative estimate of drug-likeness (QED) is 0.512. The van der Waals surface area contributed by atoms with Gasteiger partial charge in [-0.2, -0.15) is 0 Å². The number of aliphatic hydroxyl groups is 1. The maximum Gasteiger partial charge on any atom is 0.0575 e. The van der Waals surface area contributed by atoms with E-state index < -0.39 is 0 Å². The first-order chi connectivity index (χ1) is 5.71. The molecule has 0 spiro atoms. The molecule has 0 radical (unpaired) electrons. The standard InChI is InChI=1S/C9H18N2O/c10-9(4-8(12)5-9)7-2-1-3-11-6-7/h7-8,11-12H,1-6,10H2. The van der Waals surface area contributed by atoms with Crippen molar-refractivity contribution in [3.63, 3.8) is 0 Å².